The molecular formula is C26H27N5O2S. The first kappa shape index (κ1) is 22.5. The van der Waals surface area contributed by atoms with Crippen LogP contribution in [-0.4, -0.2) is 37.5 Å². The molecular weight excluding hydrogens is 446 g/mol. The summed E-state index contributed by atoms with van der Waals surface area (Å²) in [6.45, 7) is 1.94. The van der Waals surface area contributed by atoms with E-state index in [4.69, 9.17) is 10.7 Å². The van der Waals surface area contributed by atoms with Crippen molar-refractivity contribution < 1.29 is 8.42 Å². The van der Waals surface area contributed by atoms with Crippen LogP contribution in [0.15, 0.2) is 83.9 Å². The average molecular weight is 474 g/mol. The third-order valence-corrected chi connectivity index (χ3v) is 7.51. The van der Waals surface area contributed by atoms with Crippen LogP contribution < -0.4 is 15.4 Å². The molecule has 1 atom stereocenters. The van der Waals surface area contributed by atoms with Crippen LogP contribution in [0.4, 0.5) is 5.69 Å². The Morgan fingerprint density at radius 1 is 1.03 bits per heavy atom. The van der Waals surface area contributed by atoms with E-state index in [0.717, 1.165) is 53.8 Å². The lowest BCUT2D eigenvalue weighted by molar-refractivity contribution is 0.507. The minimum absolute atomic E-state index is 0.144. The van der Waals surface area contributed by atoms with Crippen LogP contribution >= 0.6 is 0 Å². The van der Waals surface area contributed by atoms with Gasteiger partial charge in [-0.25, -0.2) is 18.1 Å². The Morgan fingerprint density at radius 2 is 1.88 bits per heavy atom. The Balaban J connectivity index is 1.46. The summed E-state index contributed by atoms with van der Waals surface area (Å²) in [4.78, 5) is 11.8. The number of fused-ring (bicyclic) bond motifs is 1. The number of anilines is 1. The number of aromatic nitrogens is 2. The zero-order chi connectivity index (χ0) is 23.5. The van der Waals surface area contributed by atoms with Gasteiger partial charge in [-0.1, -0.05) is 42.5 Å². The summed E-state index contributed by atoms with van der Waals surface area (Å²) in [5.74, 6) is 0. The van der Waals surface area contributed by atoms with Crippen molar-refractivity contribution in [2.45, 2.75) is 30.3 Å². The van der Waals surface area contributed by atoms with Crippen LogP contribution in [-0.2, 0) is 16.6 Å². The van der Waals surface area contributed by atoms with Gasteiger partial charge >= 0.3 is 0 Å². The summed E-state index contributed by atoms with van der Waals surface area (Å²) in [6, 6.07) is 22.3. The molecule has 0 aliphatic carbocycles. The van der Waals surface area contributed by atoms with Crippen LogP contribution in [0.3, 0.4) is 0 Å². The van der Waals surface area contributed by atoms with Crippen molar-refractivity contribution in [3.8, 4) is 11.3 Å². The number of rotatable bonds is 6. The first-order valence-electron chi connectivity index (χ1n) is 11.4. The Bertz CT molecular complexity index is 1410. The van der Waals surface area contributed by atoms with E-state index in [9.17, 15) is 8.42 Å². The van der Waals surface area contributed by atoms with Gasteiger partial charge in [-0.3, -0.25) is 4.98 Å². The molecule has 2 aromatic heterocycles. The fourth-order valence-corrected chi connectivity index (χ4v) is 5.40. The lowest BCUT2D eigenvalue weighted by Crippen LogP contribution is -2.43. The third-order valence-electron chi connectivity index (χ3n) is 6.11. The molecule has 1 aliphatic rings. The van der Waals surface area contributed by atoms with Crippen molar-refractivity contribution >= 4 is 26.7 Å². The van der Waals surface area contributed by atoms with Gasteiger partial charge < -0.3 is 10.6 Å². The Kier molecular flexibility index (Phi) is 6.28. The maximum Gasteiger partial charge on any atom is 0.240 e. The Hall–Kier alpha value is -3.33. The molecule has 0 saturated carbocycles. The van der Waals surface area contributed by atoms with Crippen molar-refractivity contribution in [1.29, 1.82) is 0 Å². The minimum Gasteiger partial charge on any atom is -0.368 e. The van der Waals surface area contributed by atoms with Gasteiger partial charge in [0.05, 0.1) is 21.8 Å². The average Bonchev–Trinajstić information content (AvgIpc) is 2.87. The van der Waals surface area contributed by atoms with Gasteiger partial charge in [0.25, 0.3) is 0 Å². The summed E-state index contributed by atoms with van der Waals surface area (Å²) in [5, 5.41) is 0. The third kappa shape index (κ3) is 4.79. The second-order valence-corrected chi connectivity index (χ2v) is 10.3. The number of pyridine rings is 2. The molecule has 1 aliphatic heterocycles. The molecule has 174 valence electrons. The molecule has 1 saturated heterocycles. The van der Waals surface area contributed by atoms with Crippen LogP contribution in [0.2, 0.25) is 0 Å². The maximum atomic E-state index is 12.9. The summed E-state index contributed by atoms with van der Waals surface area (Å²) >= 11 is 0. The molecule has 5 rings (SSSR count). The molecule has 0 bridgehead atoms. The van der Waals surface area contributed by atoms with Crippen molar-refractivity contribution in [3.63, 3.8) is 0 Å². The van der Waals surface area contributed by atoms with E-state index in [-0.39, 0.29) is 17.5 Å². The minimum atomic E-state index is -3.68. The lowest BCUT2D eigenvalue weighted by Gasteiger charge is -2.32. The zero-order valence-corrected chi connectivity index (χ0v) is 19.6. The second-order valence-electron chi connectivity index (χ2n) is 8.58. The highest BCUT2D eigenvalue weighted by Crippen LogP contribution is 2.29. The summed E-state index contributed by atoms with van der Waals surface area (Å²) in [6.07, 6.45) is 3.86. The lowest BCUT2D eigenvalue weighted by atomic mass is 10.1. The molecule has 2 aromatic carbocycles. The largest absolute Gasteiger partial charge is 0.368 e. The molecule has 8 heteroatoms. The van der Waals surface area contributed by atoms with E-state index in [0.29, 0.717) is 5.69 Å². The van der Waals surface area contributed by atoms with Gasteiger partial charge in [0.2, 0.25) is 10.0 Å². The molecule has 3 N–H and O–H groups in total. The summed E-state index contributed by atoms with van der Waals surface area (Å²) < 4.78 is 28.5. The number of piperidine rings is 1. The van der Waals surface area contributed by atoms with Gasteiger partial charge in [-0.05, 0) is 48.7 Å². The standard InChI is InChI=1S/C26H27N5O2S/c27-21-9-5-15-31(18-21)25-13-14-28-24-12-11-23(30-26(24)25)20-8-4-10-22(16-20)34(32,33)29-17-19-6-2-1-3-7-19/h1-4,6-8,10-14,16,21,29H,5,9,15,17-18,27H2/t21-/m1/s1. The van der Waals surface area contributed by atoms with Gasteiger partial charge in [-0.2, -0.15) is 0 Å². The topological polar surface area (TPSA) is 101 Å². The van der Waals surface area contributed by atoms with Gasteiger partial charge in [0.1, 0.15) is 5.52 Å². The zero-order valence-electron chi connectivity index (χ0n) is 18.8. The molecule has 0 radical (unpaired) electrons. The highest BCUT2D eigenvalue weighted by molar-refractivity contribution is 7.89. The van der Waals surface area contributed by atoms with E-state index >= 15 is 0 Å². The first-order chi connectivity index (χ1) is 16.5. The number of hydrogen-bond donors (Lipinski definition) is 2. The Labute approximate surface area is 199 Å². The van der Waals surface area contributed by atoms with Gasteiger partial charge in [0.15, 0.2) is 0 Å². The first-order valence-corrected chi connectivity index (χ1v) is 12.9. The molecule has 7 nitrogen and oxygen atoms in total. The molecule has 0 spiro atoms. The highest BCUT2D eigenvalue weighted by atomic mass is 32.2. The van der Waals surface area contributed by atoms with Crippen molar-refractivity contribution in [3.05, 3.63) is 84.6 Å². The summed E-state index contributed by atoms with van der Waals surface area (Å²) in [7, 11) is -3.68. The van der Waals surface area contributed by atoms with E-state index in [1.165, 1.54) is 0 Å². The number of nitrogens with two attached hydrogens (primary N) is 1. The predicted molar refractivity (Wildman–Crippen MR) is 135 cm³/mol. The van der Waals surface area contributed by atoms with Crippen molar-refractivity contribution in [2.24, 2.45) is 5.73 Å². The fraction of sp³-hybridized carbons (Fsp3) is 0.231. The number of hydrogen-bond acceptors (Lipinski definition) is 6. The SMILES string of the molecule is N[C@@H]1CCCN(c2ccnc3ccc(-c4cccc(S(=O)(=O)NCc5ccccc5)c4)nc23)C1. The molecule has 0 unspecified atom stereocenters. The quantitative estimate of drug-likeness (QED) is 0.443. The molecule has 1 fully saturated rings. The fourth-order valence-electron chi connectivity index (χ4n) is 4.34. The number of nitrogens with zero attached hydrogens (tertiary/aromatic N) is 3. The van der Waals surface area contributed by atoms with Crippen molar-refractivity contribution in [2.75, 3.05) is 18.0 Å². The number of nitrogens with one attached hydrogen (secondary N) is 1. The molecule has 3 heterocycles. The monoisotopic (exact) mass is 473 g/mol. The van der Waals surface area contributed by atoms with E-state index in [1.54, 1.807) is 24.4 Å². The van der Waals surface area contributed by atoms with Crippen LogP contribution in [0.25, 0.3) is 22.3 Å². The molecule has 34 heavy (non-hydrogen) atoms. The predicted octanol–water partition coefficient (Wildman–Crippen LogP) is 3.70. The van der Waals surface area contributed by atoms with Crippen molar-refractivity contribution in [1.82, 2.24) is 14.7 Å². The Morgan fingerprint density at radius 3 is 2.71 bits per heavy atom. The molecule has 4 aromatic rings. The van der Waals surface area contributed by atoms with Gasteiger partial charge in [-0.15, -0.1) is 0 Å². The maximum absolute atomic E-state index is 12.9. The number of benzene rings is 2. The van der Waals surface area contributed by atoms with E-state index in [1.807, 2.05) is 54.6 Å². The van der Waals surface area contributed by atoms with Crippen LogP contribution in [0, 0.1) is 0 Å². The van der Waals surface area contributed by atoms with Crippen LogP contribution in [0.5, 0.6) is 0 Å². The molecule has 0 amide bonds. The number of sulfonamides is 1. The summed E-state index contributed by atoms with van der Waals surface area (Å²) in [5.41, 5.74) is 11.1. The van der Waals surface area contributed by atoms with Gasteiger partial charge in [0, 0.05) is 37.4 Å². The van der Waals surface area contributed by atoms with E-state index < -0.39 is 10.0 Å². The normalized spacial score (nSPS) is 16.6. The van der Waals surface area contributed by atoms with Crippen LogP contribution in [0.1, 0.15) is 18.4 Å². The second kappa shape index (κ2) is 9.50. The smallest absolute Gasteiger partial charge is 0.240 e. The highest BCUT2D eigenvalue weighted by Gasteiger charge is 2.20. The van der Waals surface area contributed by atoms with E-state index in [2.05, 4.69) is 14.6 Å².